The number of para-hydroxylation sites is 2. The molecule has 0 spiro atoms. The van der Waals surface area contributed by atoms with E-state index in [1.54, 1.807) is 32.3 Å². The molecule has 2 aromatic rings. The fraction of sp³-hybridized carbons (Fsp3) is 0.304. The third kappa shape index (κ3) is 3.77. The van der Waals surface area contributed by atoms with Gasteiger partial charge in [-0.1, -0.05) is 30.0 Å². The van der Waals surface area contributed by atoms with E-state index in [0.29, 0.717) is 34.6 Å². The Kier molecular flexibility index (Phi) is 5.96. The normalized spacial score (nSPS) is 18.4. The van der Waals surface area contributed by atoms with Gasteiger partial charge >= 0.3 is 0 Å². The second-order valence-electron chi connectivity index (χ2n) is 7.14. The summed E-state index contributed by atoms with van der Waals surface area (Å²) in [6.07, 6.45) is 0.204. The topological polar surface area (TPSA) is 75.0 Å². The van der Waals surface area contributed by atoms with Crippen LogP contribution in [0.2, 0.25) is 0 Å². The average molecular weight is 438 g/mol. The number of allylic oxidation sites excluding steroid dienone is 1. The second-order valence-corrected chi connectivity index (χ2v) is 8.08. The molecule has 1 fully saturated rings. The predicted octanol–water partition coefficient (Wildman–Crippen LogP) is 3.93. The minimum atomic E-state index is -0.352. The predicted molar refractivity (Wildman–Crippen MR) is 119 cm³/mol. The summed E-state index contributed by atoms with van der Waals surface area (Å²) in [5.41, 5.74) is 2.32. The molecule has 0 N–H and O–H groups in total. The van der Waals surface area contributed by atoms with Gasteiger partial charge in [-0.3, -0.25) is 9.69 Å². The molecule has 1 amide bonds. The zero-order valence-corrected chi connectivity index (χ0v) is 18.4. The monoisotopic (exact) mass is 437 g/mol. The lowest BCUT2D eigenvalue weighted by Crippen LogP contribution is -2.47. The third-order valence-electron chi connectivity index (χ3n) is 5.54. The number of methoxy groups -OCH3 is 3. The number of benzene rings is 2. The van der Waals surface area contributed by atoms with Gasteiger partial charge in [0.25, 0.3) is 0 Å². The van der Waals surface area contributed by atoms with Crippen LogP contribution in [-0.2, 0) is 4.79 Å². The lowest BCUT2D eigenvalue weighted by Gasteiger charge is -2.42. The lowest BCUT2D eigenvalue weighted by molar-refractivity contribution is -0.129. The first kappa shape index (κ1) is 20.9. The molecule has 7 nitrogen and oxygen atoms in total. The molecule has 0 saturated carbocycles. The molecule has 31 heavy (non-hydrogen) atoms. The molecule has 0 unspecified atom stereocenters. The van der Waals surface area contributed by atoms with Crippen LogP contribution in [0, 0.1) is 11.3 Å². The highest BCUT2D eigenvalue weighted by molar-refractivity contribution is 8.03. The summed E-state index contributed by atoms with van der Waals surface area (Å²) in [7, 11) is 4.80. The van der Waals surface area contributed by atoms with Crippen molar-refractivity contribution in [1.82, 2.24) is 4.90 Å². The van der Waals surface area contributed by atoms with E-state index in [9.17, 15) is 10.1 Å². The van der Waals surface area contributed by atoms with E-state index in [-0.39, 0.29) is 18.2 Å². The molecular formula is C23H23N3O4S. The zero-order valence-electron chi connectivity index (χ0n) is 17.6. The Morgan fingerprint density at radius 3 is 2.55 bits per heavy atom. The van der Waals surface area contributed by atoms with E-state index in [4.69, 9.17) is 14.2 Å². The number of carbonyl (C=O) groups excluding carboxylic acids is 1. The minimum Gasteiger partial charge on any atom is -0.497 e. The van der Waals surface area contributed by atoms with Gasteiger partial charge in [0, 0.05) is 24.0 Å². The molecule has 2 aliphatic rings. The molecule has 2 aliphatic heterocycles. The van der Waals surface area contributed by atoms with Gasteiger partial charge in [-0.15, -0.1) is 0 Å². The number of rotatable bonds is 5. The molecule has 4 rings (SSSR count). The summed E-state index contributed by atoms with van der Waals surface area (Å²) in [6, 6.07) is 15.6. The zero-order chi connectivity index (χ0) is 22.0. The van der Waals surface area contributed by atoms with Crippen LogP contribution in [-0.4, -0.2) is 44.7 Å². The van der Waals surface area contributed by atoms with Crippen molar-refractivity contribution in [2.45, 2.75) is 12.3 Å². The highest BCUT2D eigenvalue weighted by Crippen LogP contribution is 2.46. The van der Waals surface area contributed by atoms with E-state index in [2.05, 4.69) is 11.0 Å². The van der Waals surface area contributed by atoms with Gasteiger partial charge in [0.05, 0.1) is 56.2 Å². The number of carbonyl (C=O) groups is 1. The summed E-state index contributed by atoms with van der Waals surface area (Å²) in [5.74, 6) is 2.25. The molecule has 0 aliphatic carbocycles. The van der Waals surface area contributed by atoms with Crippen molar-refractivity contribution in [3.8, 4) is 23.3 Å². The van der Waals surface area contributed by atoms with Crippen LogP contribution < -0.4 is 19.1 Å². The van der Waals surface area contributed by atoms with Crippen molar-refractivity contribution in [1.29, 1.82) is 5.26 Å². The van der Waals surface area contributed by atoms with Gasteiger partial charge in [0.1, 0.15) is 17.2 Å². The second kappa shape index (κ2) is 8.82. The lowest BCUT2D eigenvalue weighted by atomic mass is 9.86. The first-order valence-corrected chi connectivity index (χ1v) is 10.8. The van der Waals surface area contributed by atoms with Gasteiger partial charge in [-0.05, 0) is 18.2 Å². The van der Waals surface area contributed by atoms with Gasteiger partial charge in [-0.25, -0.2) is 0 Å². The molecule has 2 aromatic carbocycles. The Bertz CT molecular complexity index is 1080. The smallest absolute Gasteiger partial charge is 0.229 e. The van der Waals surface area contributed by atoms with Gasteiger partial charge in [0.15, 0.2) is 0 Å². The van der Waals surface area contributed by atoms with Crippen molar-refractivity contribution in [2.75, 3.05) is 38.8 Å². The van der Waals surface area contributed by atoms with Gasteiger partial charge < -0.3 is 19.1 Å². The molecule has 8 heteroatoms. The maximum absolute atomic E-state index is 13.2. The van der Waals surface area contributed by atoms with Gasteiger partial charge in [-0.2, -0.15) is 5.26 Å². The Hall–Kier alpha value is -3.31. The highest BCUT2D eigenvalue weighted by Gasteiger charge is 2.39. The molecule has 0 radical (unpaired) electrons. The molecular weight excluding hydrogens is 414 g/mol. The van der Waals surface area contributed by atoms with Crippen LogP contribution in [0.4, 0.5) is 5.69 Å². The number of thioether (sulfide) groups is 1. The maximum Gasteiger partial charge on any atom is 0.229 e. The summed E-state index contributed by atoms with van der Waals surface area (Å²) in [4.78, 5) is 17.0. The van der Waals surface area contributed by atoms with Crippen LogP contribution in [0.5, 0.6) is 17.2 Å². The largest absolute Gasteiger partial charge is 0.497 e. The average Bonchev–Trinajstić information content (AvgIpc) is 2.83. The minimum absolute atomic E-state index is 0.0241. The Morgan fingerprint density at radius 2 is 1.84 bits per heavy atom. The molecule has 1 saturated heterocycles. The third-order valence-corrected chi connectivity index (χ3v) is 6.69. The van der Waals surface area contributed by atoms with Crippen LogP contribution in [0.3, 0.4) is 0 Å². The number of hydrogen-bond donors (Lipinski definition) is 0. The fourth-order valence-corrected chi connectivity index (χ4v) is 5.14. The standard InChI is InChI=1S/C23H23N3O4S/c1-28-15-8-9-16(21(10-15)30-3)17-11-22(27)26-13-25(14-31-23(26)18(17)12-24)19-6-4-5-7-20(19)29-2/h4-10,17H,11,13-14H2,1-3H3/t17-/m0/s1. The van der Waals surface area contributed by atoms with Crippen molar-refractivity contribution in [3.05, 3.63) is 58.6 Å². The number of anilines is 1. The Labute approximate surface area is 185 Å². The fourth-order valence-electron chi connectivity index (χ4n) is 3.98. The summed E-state index contributed by atoms with van der Waals surface area (Å²) >= 11 is 1.49. The van der Waals surface area contributed by atoms with Crippen LogP contribution in [0.1, 0.15) is 17.9 Å². The van der Waals surface area contributed by atoms with Crippen LogP contribution >= 0.6 is 11.8 Å². The molecule has 2 heterocycles. The summed E-state index contributed by atoms with van der Waals surface area (Å²) < 4.78 is 16.3. The van der Waals surface area contributed by atoms with Crippen molar-refractivity contribution in [2.24, 2.45) is 0 Å². The van der Waals surface area contributed by atoms with E-state index in [1.807, 2.05) is 36.4 Å². The highest BCUT2D eigenvalue weighted by atomic mass is 32.2. The van der Waals surface area contributed by atoms with Crippen molar-refractivity contribution in [3.63, 3.8) is 0 Å². The number of hydrogen-bond acceptors (Lipinski definition) is 7. The van der Waals surface area contributed by atoms with E-state index in [0.717, 1.165) is 17.0 Å². The molecule has 160 valence electrons. The number of amides is 1. The molecule has 1 atom stereocenters. The molecule has 0 aromatic heterocycles. The first-order valence-electron chi connectivity index (χ1n) is 9.78. The van der Waals surface area contributed by atoms with E-state index in [1.165, 1.54) is 11.8 Å². The SMILES string of the molecule is COc1ccc([C@@H]2CC(=O)N3CN(c4ccccc4OC)CSC3=C2C#N)c(OC)c1. The maximum atomic E-state index is 13.2. The number of nitrogens with zero attached hydrogens (tertiary/aromatic N) is 3. The quantitative estimate of drug-likeness (QED) is 0.701. The Morgan fingerprint density at radius 1 is 1.06 bits per heavy atom. The number of nitriles is 1. The van der Waals surface area contributed by atoms with Crippen LogP contribution in [0.15, 0.2) is 53.1 Å². The van der Waals surface area contributed by atoms with Gasteiger partial charge in [0.2, 0.25) is 5.91 Å². The van der Waals surface area contributed by atoms with E-state index < -0.39 is 0 Å². The van der Waals surface area contributed by atoms with Crippen molar-refractivity contribution >= 4 is 23.4 Å². The summed E-state index contributed by atoms with van der Waals surface area (Å²) in [5, 5.41) is 10.7. The number of ether oxygens (including phenoxy) is 3. The first-order chi connectivity index (χ1) is 15.1. The van der Waals surface area contributed by atoms with Crippen molar-refractivity contribution < 1.29 is 19.0 Å². The van der Waals surface area contributed by atoms with Crippen LogP contribution in [0.25, 0.3) is 0 Å². The van der Waals surface area contributed by atoms with E-state index >= 15 is 0 Å². The number of fused-ring (bicyclic) bond motifs is 1. The molecule has 0 bridgehead atoms. The summed E-state index contributed by atoms with van der Waals surface area (Å²) in [6.45, 7) is 0.374. The Balaban J connectivity index is 1.70.